The monoisotopic (exact) mass is 317 g/mol. The zero-order valence-electron chi connectivity index (χ0n) is 11.6. The zero-order chi connectivity index (χ0) is 15.5. The molecule has 1 saturated heterocycles. The molecule has 2 unspecified atom stereocenters. The van der Waals surface area contributed by atoms with Gasteiger partial charge < -0.3 is 15.2 Å². The lowest BCUT2D eigenvalue weighted by atomic mass is 9.97. The van der Waals surface area contributed by atoms with Crippen LogP contribution in [0.4, 0.5) is 8.78 Å². The van der Waals surface area contributed by atoms with Crippen LogP contribution in [0.25, 0.3) is 0 Å². The Balaban J connectivity index is 1.78. The molecule has 1 amide bonds. The summed E-state index contributed by atoms with van der Waals surface area (Å²) in [5, 5.41) is 12.9. The SMILES string of the molecule is CC1OCCC1(O)CNC(=O)CSc1ccc(F)c(F)c1. The largest absolute Gasteiger partial charge is 0.385 e. The van der Waals surface area contributed by atoms with Gasteiger partial charge in [-0.2, -0.15) is 0 Å². The minimum atomic E-state index is -1.04. The Hall–Kier alpha value is -1.18. The predicted octanol–water partition coefficient (Wildman–Crippen LogP) is 1.71. The van der Waals surface area contributed by atoms with E-state index in [0.29, 0.717) is 17.9 Å². The van der Waals surface area contributed by atoms with E-state index in [1.807, 2.05) is 0 Å². The number of nitrogens with one attached hydrogen (secondary N) is 1. The van der Waals surface area contributed by atoms with Gasteiger partial charge in [0.1, 0.15) is 5.60 Å². The first-order valence-electron chi connectivity index (χ1n) is 6.59. The van der Waals surface area contributed by atoms with E-state index in [1.54, 1.807) is 6.92 Å². The van der Waals surface area contributed by atoms with Crippen molar-refractivity contribution in [1.29, 1.82) is 0 Å². The second-order valence-electron chi connectivity index (χ2n) is 5.01. The molecule has 1 aromatic rings. The third kappa shape index (κ3) is 4.15. The lowest BCUT2D eigenvalue weighted by Gasteiger charge is -2.26. The predicted molar refractivity (Wildman–Crippen MR) is 75.1 cm³/mol. The van der Waals surface area contributed by atoms with Gasteiger partial charge in [0.25, 0.3) is 0 Å². The van der Waals surface area contributed by atoms with Crippen molar-refractivity contribution in [3.05, 3.63) is 29.8 Å². The smallest absolute Gasteiger partial charge is 0.230 e. The molecular weight excluding hydrogens is 300 g/mol. The van der Waals surface area contributed by atoms with Crippen molar-refractivity contribution in [2.24, 2.45) is 0 Å². The van der Waals surface area contributed by atoms with Crippen LogP contribution in [0.3, 0.4) is 0 Å². The summed E-state index contributed by atoms with van der Waals surface area (Å²) in [5.74, 6) is -2.07. The highest BCUT2D eigenvalue weighted by molar-refractivity contribution is 8.00. The van der Waals surface area contributed by atoms with Crippen molar-refractivity contribution in [2.45, 2.75) is 29.9 Å². The van der Waals surface area contributed by atoms with Crippen molar-refractivity contribution in [3.63, 3.8) is 0 Å². The summed E-state index contributed by atoms with van der Waals surface area (Å²) in [4.78, 5) is 12.2. The Bertz CT molecular complexity index is 529. The summed E-state index contributed by atoms with van der Waals surface area (Å²) in [6.07, 6.45) is 0.154. The standard InChI is InChI=1S/C14H17F2NO3S/c1-9-14(19,4-5-20-9)8-17-13(18)7-21-10-2-3-11(15)12(16)6-10/h2-3,6,9,19H,4-5,7-8H2,1H3,(H,17,18). The molecule has 0 radical (unpaired) electrons. The number of ether oxygens (including phenoxy) is 1. The molecule has 0 saturated carbocycles. The van der Waals surface area contributed by atoms with Crippen molar-refractivity contribution >= 4 is 17.7 Å². The highest BCUT2D eigenvalue weighted by Crippen LogP contribution is 2.25. The van der Waals surface area contributed by atoms with Crippen LogP contribution in [0, 0.1) is 11.6 Å². The minimum absolute atomic E-state index is 0.0659. The lowest BCUT2D eigenvalue weighted by Crippen LogP contribution is -2.47. The van der Waals surface area contributed by atoms with E-state index < -0.39 is 17.2 Å². The van der Waals surface area contributed by atoms with Crippen LogP contribution in [0.1, 0.15) is 13.3 Å². The minimum Gasteiger partial charge on any atom is -0.385 e. The number of carbonyl (C=O) groups is 1. The average molecular weight is 317 g/mol. The number of aliphatic hydroxyl groups is 1. The van der Waals surface area contributed by atoms with Crippen LogP contribution in [0.2, 0.25) is 0 Å². The molecule has 1 aliphatic rings. The van der Waals surface area contributed by atoms with Gasteiger partial charge in [-0.1, -0.05) is 0 Å². The molecule has 4 nitrogen and oxygen atoms in total. The Morgan fingerprint density at radius 2 is 2.29 bits per heavy atom. The number of amides is 1. The molecule has 0 bridgehead atoms. The first kappa shape index (κ1) is 16.2. The Labute approximate surface area is 125 Å². The first-order chi connectivity index (χ1) is 9.90. The van der Waals surface area contributed by atoms with Crippen LogP contribution >= 0.6 is 11.8 Å². The van der Waals surface area contributed by atoms with Gasteiger partial charge >= 0.3 is 0 Å². The van der Waals surface area contributed by atoms with Gasteiger partial charge in [-0.3, -0.25) is 4.79 Å². The van der Waals surface area contributed by atoms with E-state index >= 15 is 0 Å². The lowest BCUT2D eigenvalue weighted by molar-refractivity contribution is -0.120. The maximum absolute atomic E-state index is 13.0. The highest BCUT2D eigenvalue weighted by atomic mass is 32.2. The van der Waals surface area contributed by atoms with Gasteiger partial charge in [-0.25, -0.2) is 8.78 Å². The maximum Gasteiger partial charge on any atom is 0.230 e. The zero-order valence-corrected chi connectivity index (χ0v) is 12.4. The molecule has 7 heteroatoms. The fraction of sp³-hybridized carbons (Fsp3) is 0.500. The number of thioether (sulfide) groups is 1. The van der Waals surface area contributed by atoms with Crippen molar-refractivity contribution in [3.8, 4) is 0 Å². The summed E-state index contributed by atoms with van der Waals surface area (Å²) in [7, 11) is 0. The van der Waals surface area contributed by atoms with E-state index in [-0.39, 0.29) is 24.3 Å². The summed E-state index contributed by atoms with van der Waals surface area (Å²) in [5.41, 5.74) is -1.04. The molecular formula is C14H17F2NO3S. The van der Waals surface area contributed by atoms with Gasteiger partial charge in [-0.05, 0) is 25.1 Å². The molecule has 21 heavy (non-hydrogen) atoms. The Morgan fingerprint density at radius 1 is 1.52 bits per heavy atom. The molecule has 2 atom stereocenters. The van der Waals surface area contributed by atoms with Gasteiger partial charge in [0.2, 0.25) is 5.91 Å². The second kappa shape index (κ2) is 6.72. The van der Waals surface area contributed by atoms with Crippen LogP contribution < -0.4 is 5.32 Å². The first-order valence-corrected chi connectivity index (χ1v) is 7.58. The molecule has 0 spiro atoms. The fourth-order valence-electron chi connectivity index (χ4n) is 2.02. The van der Waals surface area contributed by atoms with Gasteiger partial charge in [0, 0.05) is 24.5 Å². The number of hydrogen-bond donors (Lipinski definition) is 2. The summed E-state index contributed by atoms with van der Waals surface area (Å²) in [6, 6.07) is 3.49. The average Bonchev–Trinajstić information content (AvgIpc) is 2.78. The molecule has 1 fully saturated rings. The molecule has 1 heterocycles. The van der Waals surface area contributed by atoms with E-state index in [2.05, 4.69) is 5.32 Å². The van der Waals surface area contributed by atoms with E-state index in [4.69, 9.17) is 4.74 Å². The van der Waals surface area contributed by atoms with Crippen molar-refractivity contribution in [2.75, 3.05) is 18.9 Å². The number of halogens is 2. The number of carbonyl (C=O) groups excluding carboxylic acids is 1. The summed E-state index contributed by atoms with van der Waals surface area (Å²) >= 11 is 1.10. The van der Waals surface area contributed by atoms with Crippen LogP contribution in [-0.4, -0.2) is 41.6 Å². The van der Waals surface area contributed by atoms with Crippen LogP contribution in [-0.2, 0) is 9.53 Å². The summed E-state index contributed by atoms with van der Waals surface area (Å²) in [6.45, 7) is 2.34. The fourth-order valence-corrected chi connectivity index (χ4v) is 2.77. The Morgan fingerprint density at radius 3 is 2.90 bits per heavy atom. The highest BCUT2D eigenvalue weighted by Gasteiger charge is 2.39. The molecule has 0 aromatic heterocycles. The molecule has 2 N–H and O–H groups in total. The Kier molecular flexibility index (Phi) is 5.18. The van der Waals surface area contributed by atoms with Gasteiger partial charge in [-0.15, -0.1) is 11.8 Å². The molecule has 0 aliphatic carbocycles. The normalized spacial score (nSPS) is 25.0. The van der Waals surface area contributed by atoms with E-state index in [1.165, 1.54) is 6.07 Å². The van der Waals surface area contributed by atoms with Crippen LogP contribution in [0.5, 0.6) is 0 Å². The van der Waals surface area contributed by atoms with Gasteiger partial charge in [0.15, 0.2) is 11.6 Å². The summed E-state index contributed by atoms with van der Waals surface area (Å²) < 4.78 is 31.1. The quantitative estimate of drug-likeness (QED) is 0.812. The molecule has 2 rings (SSSR count). The third-order valence-corrected chi connectivity index (χ3v) is 4.51. The molecule has 1 aliphatic heterocycles. The maximum atomic E-state index is 13.0. The molecule has 116 valence electrons. The second-order valence-corrected chi connectivity index (χ2v) is 6.06. The van der Waals surface area contributed by atoms with Gasteiger partial charge in [0.05, 0.1) is 11.9 Å². The van der Waals surface area contributed by atoms with E-state index in [0.717, 1.165) is 23.9 Å². The van der Waals surface area contributed by atoms with Crippen molar-refractivity contribution in [1.82, 2.24) is 5.32 Å². The topological polar surface area (TPSA) is 58.6 Å². The third-order valence-electron chi connectivity index (χ3n) is 3.51. The molecule has 1 aromatic carbocycles. The van der Waals surface area contributed by atoms with E-state index in [9.17, 15) is 18.7 Å². The van der Waals surface area contributed by atoms with Crippen LogP contribution in [0.15, 0.2) is 23.1 Å². The number of benzene rings is 1. The number of rotatable bonds is 5. The van der Waals surface area contributed by atoms with Crippen molar-refractivity contribution < 1.29 is 23.4 Å². The number of hydrogen-bond acceptors (Lipinski definition) is 4.